The van der Waals surface area contributed by atoms with E-state index in [1.54, 1.807) is 80.8 Å². The average Bonchev–Trinajstić information content (AvgIpc) is 3.53. The van der Waals surface area contributed by atoms with Gasteiger partial charge in [0.1, 0.15) is 12.1 Å². The number of likely N-dealkylation sites (tertiary alicyclic amines) is 1. The van der Waals surface area contributed by atoms with Crippen LogP contribution in [0.1, 0.15) is 12.8 Å². The summed E-state index contributed by atoms with van der Waals surface area (Å²) in [6, 6.07) is 14.7. The van der Waals surface area contributed by atoms with Crippen LogP contribution in [0.3, 0.4) is 0 Å². The number of benzene rings is 2. The summed E-state index contributed by atoms with van der Waals surface area (Å²) < 4.78 is 0. The number of rotatable bonds is 12. The Kier molecular flexibility index (Phi) is 12.9. The van der Waals surface area contributed by atoms with Crippen molar-refractivity contribution in [2.24, 2.45) is 5.92 Å². The van der Waals surface area contributed by atoms with Gasteiger partial charge in [0.25, 0.3) is 5.91 Å². The monoisotopic (exact) mass is 674 g/mol. The molecule has 15 nitrogen and oxygen atoms in total. The normalized spacial score (nSPS) is 17.9. The molecule has 15 heteroatoms. The summed E-state index contributed by atoms with van der Waals surface area (Å²) in [5.41, 5.74) is 1.82. The molecule has 1 fully saturated rings. The molecule has 4 rings (SSSR count). The maximum absolute atomic E-state index is 13.3. The van der Waals surface area contributed by atoms with Crippen LogP contribution in [0.15, 0.2) is 84.5 Å². The van der Waals surface area contributed by atoms with Gasteiger partial charge in [-0.3, -0.25) is 19.2 Å². The summed E-state index contributed by atoms with van der Waals surface area (Å²) in [6.45, 7) is -1.05. The molecule has 0 saturated carbocycles. The van der Waals surface area contributed by atoms with E-state index >= 15 is 0 Å². The number of carbonyl (C=O) groups is 6. The van der Waals surface area contributed by atoms with Crippen LogP contribution < -0.4 is 31.9 Å². The van der Waals surface area contributed by atoms with E-state index in [2.05, 4.69) is 31.9 Å². The Morgan fingerprint density at radius 3 is 2.16 bits per heavy atom. The highest BCUT2D eigenvalue weighted by molar-refractivity contribution is 5.94. The van der Waals surface area contributed by atoms with Gasteiger partial charge in [-0.1, -0.05) is 54.6 Å². The Hall–Kier alpha value is -5.70. The van der Waals surface area contributed by atoms with Gasteiger partial charge < -0.3 is 46.8 Å². The largest absolute Gasteiger partial charge is 0.381 e. The molecule has 2 aromatic carbocycles. The number of likely N-dealkylation sites (N-methyl/N-ethyl adjacent to an activating group) is 1. The Balaban J connectivity index is 1.31. The number of nitrogens with zero attached hydrogens (tertiary/aromatic N) is 2. The number of hydrogen-bond donors (Lipinski definition) is 7. The summed E-state index contributed by atoms with van der Waals surface area (Å²) in [6.07, 6.45) is 5.15. The van der Waals surface area contributed by atoms with Crippen LogP contribution in [0, 0.1) is 5.92 Å². The van der Waals surface area contributed by atoms with Crippen molar-refractivity contribution in [3.05, 3.63) is 84.5 Å². The lowest BCUT2D eigenvalue weighted by atomic mass is 9.97. The molecule has 7 N–H and O–H groups in total. The van der Waals surface area contributed by atoms with E-state index in [1.165, 1.54) is 9.80 Å². The number of nitrogens with one attached hydrogen (secondary N) is 6. The van der Waals surface area contributed by atoms with Gasteiger partial charge in [-0.25, -0.2) is 9.59 Å². The first-order valence-corrected chi connectivity index (χ1v) is 15.8. The lowest BCUT2D eigenvalue weighted by molar-refractivity contribution is -0.134. The van der Waals surface area contributed by atoms with Crippen molar-refractivity contribution in [3.63, 3.8) is 0 Å². The zero-order valence-electron chi connectivity index (χ0n) is 27.3. The van der Waals surface area contributed by atoms with Gasteiger partial charge in [0.05, 0.1) is 25.0 Å². The van der Waals surface area contributed by atoms with E-state index in [-0.39, 0.29) is 19.0 Å². The first-order valence-electron chi connectivity index (χ1n) is 15.8. The van der Waals surface area contributed by atoms with Crippen molar-refractivity contribution in [3.8, 4) is 0 Å². The summed E-state index contributed by atoms with van der Waals surface area (Å²) >= 11 is 0. The van der Waals surface area contributed by atoms with Crippen molar-refractivity contribution in [2.75, 3.05) is 50.9 Å². The Morgan fingerprint density at radius 2 is 1.55 bits per heavy atom. The van der Waals surface area contributed by atoms with Crippen LogP contribution in [0.2, 0.25) is 0 Å². The van der Waals surface area contributed by atoms with E-state index < -0.39 is 67.0 Å². The molecule has 0 aromatic heterocycles. The number of allylic oxidation sites excluding steroid dienone is 3. The molecule has 49 heavy (non-hydrogen) atoms. The van der Waals surface area contributed by atoms with Crippen molar-refractivity contribution in [1.82, 2.24) is 31.1 Å². The SMILES string of the molecule is CN(C)C(=O)C(NC(=O)CNC(=O)C(O)CNC(=O)[C@@H]1CN(C(=O)Nc2ccccc2)C[C@@H]1NC(=O)Nc1ccccc1)C1=CC=CCC1. The molecule has 0 bridgehead atoms. The molecular formula is C34H42N8O7. The van der Waals surface area contributed by atoms with Gasteiger partial charge in [-0.05, 0) is 42.7 Å². The predicted molar refractivity (Wildman–Crippen MR) is 182 cm³/mol. The van der Waals surface area contributed by atoms with Gasteiger partial charge in [-0.15, -0.1) is 0 Å². The third-order valence-corrected chi connectivity index (χ3v) is 7.92. The lowest BCUT2D eigenvalue weighted by Crippen LogP contribution is -2.52. The lowest BCUT2D eigenvalue weighted by Gasteiger charge is -2.25. The maximum Gasteiger partial charge on any atom is 0.321 e. The molecule has 260 valence electrons. The molecule has 0 spiro atoms. The number of anilines is 2. The number of amides is 8. The standard InChI is InChI=1S/C34H42N8O7/c1-41(2)32(47)29(22-12-6-3-7-13-22)40-28(44)19-36-31(46)27(43)18-35-30(45)25-20-42(34(49)38-24-16-10-5-11-17-24)21-26(25)39-33(48)37-23-14-8-4-9-15-23/h3-6,8-12,14-17,25-27,29,43H,7,13,18-21H2,1-2H3,(H,35,45)(H,36,46)(H,38,49)(H,40,44)(H2,37,39,48)/t25-,26+,27?,29?/m1/s1. The first-order chi connectivity index (χ1) is 23.5. The molecule has 0 radical (unpaired) electrons. The molecule has 1 saturated heterocycles. The number of carbonyl (C=O) groups excluding carboxylic acids is 6. The minimum absolute atomic E-state index is 0.0155. The van der Waals surface area contributed by atoms with Crippen molar-refractivity contribution < 1.29 is 33.9 Å². The smallest absolute Gasteiger partial charge is 0.321 e. The molecule has 8 amide bonds. The second-order valence-corrected chi connectivity index (χ2v) is 11.8. The van der Waals surface area contributed by atoms with Gasteiger partial charge in [0.2, 0.25) is 17.7 Å². The highest BCUT2D eigenvalue weighted by Gasteiger charge is 2.41. The number of aliphatic hydroxyl groups excluding tert-OH is 1. The van der Waals surface area contributed by atoms with Gasteiger partial charge in [0.15, 0.2) is 0 Å². The number of para-hydroxylation sites is 2. The van der Waals surface area contributed by atoms with Crippen molar-refractivity contribution in [1.29, 1.82) is 0 Å². The van der Waals surface area contributed by atoms with Gasteiger partial charge in [-0.2, -0.15) is 0 Å². The summed E-state index contributed by atoms with van der Waals surface area (Å²) in [5, 5.41) is 26.1. The first kappa shape index (κ1) is 36.1. The fourth-order valence-electron chi connectivity index (χ4n) is 5.31. The van der Waals surface area contributed by atoms with Crippen molar-refractivity contribution in [2.45, 2.75) is 31.0 Å². The molecule has 2 aliphatic rings. The maximum atomic E-state index is 13.3. The van der Waals surface area contributed by atoms with Crippen LogP contribution in [0.25, 0.3) is 0 Å². The predicted octanol–water partition coefficient (Wildman–Crippen LogP) is 0.783. The summed E-state index contributed by atoms with van der Waals surface area (Å²) in [4.78, 5) is 79.8. The Labute approximate surface area is 284 Å². The average molecular weight is 675 g/mol. The summed E-state index contributed by atoms with van der Waals surface area (Å²) in [5.74, 6) is -3.40. The second kappa shape index (κ2) is 17.5. The molecule has 2 unspecified atom stereocenters. The highest BCUT2D eigenvalue weighted by atomic mass is 16.3. The minimum Gasteiger partial charge on any atom is -0.381 e. The molecule has 1 aliphatic carbocycles. The topological polar surface area (TPSA) is 201 Å². The fraction of sp³-hybridized carbons (Fsp3) is 0.353. The van der Waals surface area contributed by atoms with Crippen LogP contribution in [0.4, 0.5) is 21.0 Å². The van der Waals surface area contributed by atoms with E-state index in [0.29, 0.717) is 17.8 Å². The van der Waals surface area contributed by atoms with E-state index in [0.717, 1.165) is 12.0 Å². The fourth-order valence-corrected chi connectivity index (χ4v) is 5.31. The van der Waals surface area contributed by atoms with Gasteiger partial charge in [0, 0.05) is 38.6 Å². The van der Waals surface area contributed by atoms with Crippen LogP contribution >= 0.6 is 0 Å². The molecule has 4 atom stereocenters. The molecule has 2 aromatic rings. The van der Waals surface area contributed by atoms with Gasteiger partial charge >= 0.3 is 12.1 Å². The third-order valence-electron chi connectivity index (χ3n) is 7.92. The zero-order chi connectivity index (χ0) is 35.3. The number of aliphatic hydroxyl groups is 1. The summed E-state index contributed by atoms with van der Waals surface area (Å²) in [7, 11) is 3.15. The second-order valence-electron chi connectivity index (χ2n) is 11.8. The van der Waals surface area contributed by atoms with E-state index in [9.17, 15) is 33.9 Å². The quantitative estimate of drug-likeness (QED) is 0.172. The van der Waals surface area contributed by atoms with Crippen LogP contribution in [-0.2, 0) is 19.2 Å². The minimum atomic E-state index is -1.71. The third kappa shape index (κ3) is 10.7. The molecular weight excluding hydrogens is 632 g/mol. The molecule has 1 aliphatic heterocycles. The highest BCUT2D eigenvalue weighted by Crippen LogP contribution is 2.20. The van der Waals surface area contributed by atoms with Crippen LogP contribution in [-0.4, -0.2) is 109 Å². The number of hydrogen-bond acceptors (Lipinski definition) is 7. The van der Waals surface area contributed by atoms with Crippen molar-refractivity contribution >= 4 is 47.1 Å². The van der Waals surface area contributed by atoms with Crippen LogP contribution in [0.5, 0.6) is 0 Å². The van der Waals surface area contributed by atoms with E-state index in [1.807, 2.05) is 12.2 Å². The number of urea groups is 2. The zero-order valence-corrected chi connectivity index (χ0v) is 27.3. The van der Waals surface area contributed by atoms with E-state index in [4.69, 9.17) is 0 Å². The molecule has 1 heterocycles. The Morgan fingerprint density at radius 1 is 0.898 bits per heavy atom. The Bertz CT molecular complexity index is 1560.